The fourth-order valence-electron chi connectivity index (χ4n) is 2.22. The van der Waals surface area contributed by atoms with E-state index in [2.05, 4.69) is 20.6 Å². The Morgan fingerprint density at radius 1 is 1.17 bits per heavy atom. The van der Waals surface area contributed by atoms with E-state index in [1.54, 1.807) is 6.07 Å². The van der Waals surface area contributed by atoms with E-state index in [4.69, 9.17) is 5.11 Å². The first-order chi connectivity index (χ1) is 11.2. The van der Waals surface area contributed by atoms with Crippen molar-refractivity contribution in [3.8, 4) is 0 Å². The molecule has 3 N–H and O–H groups in total. The van der Waals surface area contributed by atoms with Gasteiger partial charge in [0.15, 0.2) is 0 Å². The van der Waals surface area contributed by atoms with E-state index in [0.717, 1.165) is 18.5 Å². The fraction of sp³-hybridized carbons (Fsp3) is 0.375. The first-order valence-corrected chi connectivity index (χ1v) is 7.62. The van der Waals surface area contributed by atoms with E-state index in [9.17, 15) is 8.78 Å². The van der Waals surface area contributed by atoms with Gasteiger partial charge in [0.25, 0.3) is 0 Å². The molecule has 23 heavy (non-hydrogen) atoms. The number of rotatable bonds is 7. The van der Waals surface area contributed by atoms with Crippen molar-refractivity contribution in [2.24, 2.45) is 0 Å². The van der Waals surface area contributed by atoms with Crippen molar-refractivity contribution in [1.82, 2.24) is 9.97 Å². The molecule has 0 saturated heterocycles. The van der Waals surface area contributed by atoms with E-state index < -0.39 is 11.6 Å². The molecule has 0 bridgehead atoms. The molecule has 0 unspecified atom stereocenters. The van der Waals surface area contributed by atoms with Gasteiger partial charge in [-0.25, -0.2) is 13.8 Å². The van der Waals surface area contributed by atoms with Crippen LogP contribution in [-0.4, -0.2) is 28.2 Å². The molecule has 5 nitrogen and oxygen atoms in total. The second kappa shape index (κ2) is 6.87. The summed E-state index contributed by atoms with van der Waals surface area (Å²) >= 11 is 0. The molecule has 0 radical (unpaired) electrons. The molecule has 1 aromatic carbocycles. The third-order valence-corrected chi connectivity index (χ3v) is 3.58. The van der Waals surface area contributed by atoms with E-state index in [0.29, 0.717) is 30.6 Å². The van der Waals surface area contributed by atoms with Gasteiger partial charge in [-0.1, -0.05) is 6.07 Å². The molecular formula is C16H18F2N4O. The lowest BCUT2D eigenvalue weighted by Crippen LogP contribution is -2.10. The lowest BCUT2D eigenvalue weighted by atomic mass is 10.2. The zero-order valence-corrected chi connectivity index (χ0v) is 12.5. The molecule has 0 amide bonds. The third-order valence-electron chi connectivity index (χ3n) is 3.58. The first kappa shape index (κ1) is 15.6. The van der Waals surface area contributed by atoms with Crippen molar-refractivity contribution >= 4 is 17.5 Å². The zero-order valence-electron chi connectivity index (χ0n) is 12.5. The maximum Gasteiger partial charge on any atom is 0.224 e. The van der Waals surface area contributed by atoms with Crippen molar-refractivity contribution in [3.63, 3.8) is 0 Å². The summed E-state index contributed by atoms with van der Waals surface area (Å²) in [6, 6.07) is 5.41. The third kappa shape index (κ3) is 3.92. The number of nitrogens with one attached hydrogen (secondary N) is 2. The molecule has 1 heterocycles. The van der Waals surface area contributed by atoms with E-state index in [1.807, 2.05) is 0 Å². The monoisotopic (exact) mass is 320 g/mol. The molecule has 1 aliphatic carbocycles. The Bertz CT molecular complexity index is 672. The van der Waals surface area contributed by atoms with Gasteiger partial charge in [0, 0.05) is 25.1 Å². The van der Waals surface area contributed by atoms with Gasteiger partial charge in [-0.15, -0.1) is 0 Å². The molecule has 0 atom stereocenters. The largest absolute Gasteiger partial charge is 0.396 e. The molecule has 3 rings (SSSR count). The minimum Gasteiger partial charge on any atom is -0.396 e. The smallest absolute Gasteiger partial charge is 0.224 e. The van der Waals surface area contributed by atoms with E-state index in [-0.39, 0.29) is 12.3 Å². The van der Waals surface area contributed by atoms with Crippen molar-refractivity contribution in [1.29, 1.82) is 0 Å². The van der Waals surface area contributed by atoms with Crippen molar-refractivity contribution in [3.05, 3.63) is 41.6 Å². The lowest BCUT2D eigenvalue weighted by Gasteiger charge is -2.12. The number of anilines is 3. The number of aromatic nitrogens is 2. The normalized spacial score (nSPS) is 13.9. The molecule has 122 valence electrons. The van der Waals surface area contributed by atoms with Crippen LogP contribution in [0.15, 0.2) is 24.3 Å². The van der Waals surface area contributed by atoms with Crippen LogP contribution in [0.25, 0.3) is 0 Å². The number of hydrogen-bond acceptors (Lipinski definition) is 5. The van der Waals surface area contributed by atoms with Gasteiger partial charge in [-0.2, -0.15) is 4.98 Å². The standard InChI is InChI=1S/C16H18F2N4O/c17-11-3-1-4-12(18)15(11)21-14-9-13(10-5-6-10)20-16(22-14)19-7-2-8-23/h1,3-4,9-10,23H,2,5-8H2,(H2,19,20,21,22). The molecule has 0 aliphatic heterocycles. The Morgan fingerprint density at radius 2 is 1.91 bits per heavy atom. The summed E-state index contributed by atoms with van der Waals surface area (Å²) in [5.41, 5.74) is 0.625. The minimum absolute atomic E-state index is 0.0703. The van der Waals surface area contributed by atoms with Gasteiger partial charge < -0.3 is 15.7 Å². The Balaban J connectivity index is 1.85. The molecule has 2 aromatic rings. The van der Waals surface area contributed by atoms with Crippen LogP contribution in [0.1, 0.15) is 30.9 Å². The number of benzene rings is 1. The van der Waals surface area contributed by atoms with Gasteiger partial charge in [0.1, 0.15) is 23.1 Å². The summed E-state index contributed by atoms with van der Waals surface area (Å²) in [6.45, 7) is 0.596. The topological polar surface area (TPSA) is 70.1 Å². The van der Waals surface area contributed by atoms with Crippen LogP contribution in [0.3, 0.4) is 0 Å². The highest BCUT2D eigenvalue weighted by Gasteiger charge is 2.26. The zero-order chi connectivity index (χ0) is 16.2. The average molecular weight is 320 g/mol. The minimum atomic E-state index is -0.675. The van der Waals surface area contributed by atoms with Crippen molar-refractivity contribution in [2.75, 3.05) is 23.8 Å². The lowest BCUT2D eigenvalue weighted by molar-refractivity contribution is 0.292. The summed E-state index contributed by atoms with van der Waals surface area (Å²) in [7, 11) is 0. The SMILES string of the molecule is OCCCNc1nc(Nc2c(F)cccc2F)cc(C2CC2)n1. The average Bonchev–Trinajstić information content (AvgIpc) is 3.36. The van der Waals surface area contributed by atoms with E-state index >= 15 is 0 Å². The Morgan fingerprint density at radius 3 is 2.57 bits per heavy atom. The van der Waals surface area contributed by atoms with Crippen LogP contribution in [0.4, 0.5) is 26.2 Å². The molecule has 0 spiro atoms. The van der Waals surface area contributed by atoms with Crippen molar-refractivity contribution in [2.45, 2.75) is 25.2 Å². The number of aliphatic hydroxyl groups is 1. The van der Waals surface area contributed by atoms with Crippen LogP contribution in [-0.2, 0) is 0 Å². The highest BCUT2D eigenvalue weighted by atomic mass is 19.1. The number of halogens is 2. The predicted octanol–water partition coefficient (Wildman–Crippen LogP) is 3.17. The second-order valence-electron chi connectivity index (χ2n) is 5.50. The maximum absolute atomic E-state index is 13.8. The summed E-state index contributed by atoms with van der Waals surface area (Å²) in [4.78, 5) is 8.67. The first-order valence-electron chi connectivity index (χ1n) is 7.62. The summed E-state index contributed by atoms with van der Waals surface area (Å²) in [5, 5.41) is 14.5. The van der Waals surface area contributed by atoms with Gasteiger partial charge in [0.05, 0.1) is 5.69 Å². The van der Waals surface area contributed by atoms with Crippen LogP contribution in [0, 0.1) is 11.6 Å². The highest BCUT2D eigenvalue weighted by Crippen LogP contribution is 2.40. The quantitative estimate of drug-likeness (QED) is 0.684. The number of aliphatic hydroxyl groups excluding tert-OH is 1. The van der Waals surface area contributed by atoms with Gasteiger partial charge in [0.2, 0.25) is 5.95 Å². The van der Waals surface area contributed by atoms with Crippen LogP contribution < -0.4 is 10.6 Å². The molecule has 7 heteroatoms. The summed E-state index contributed by atoms with van der Waals surface area (Å²) in [5.74, 6) is -0.236. The van der Waals surface area contributed by atoms with Gasteiger partial charge in [-0.05, 0) is 31.4 Å². The highest BCUT2D eigenvalue weighted by molar-refractivity contribution is 5.59. The molecule has 1 fully saturated rings. The van der Waals surface area contributed by atoms with Crippen LogP contribution >= 0.6 is 0 Å². The molecule has 1 aromatic heterocycles. The molecule has 1 aliphatic rings. The fourth-order valence-corrected chi connectivity index (χ4v) is 2.22. The van der Waals surface area contributed by atoms with Gasteiger partial charge >= 0.3 is 0 Å². The summed E-state index contributed by atoms with van der Waals surface area (Å²) < 4.78 is 27.5. The number of hydrogen-bond donors (Lipinski definition) is 3. The second-order valence-corrected chi connectivity index (χ2v) is 5.50. The Hall–Kier alpha value is -2.28. The Labute approximate surface area is 132 Å². The number of para-hydroxylation sites is 1. The maximum atomic E-state index is 13.8. The molecular weight excluding hydrogens is 302 g/mol. The van der Waals surface area contributed by atoms with Crippen LogP contribution in [0.2, 0.25) is 0 Å². The Kier molecular flexibility index (Phi) is 4.66. The van der Waals surface area contributed by atoms with Gasteiger partial charge in [-0.3, -0.25) is 0 Å². The van der Waals surface area contributed by atoms with Crippen molar-refractivity contribution < 1.29 is 13.9 Å². The number of nitrogens with zero attached hydrogens (tertiary/aromatic N) is 2. The van der Waals surface area contributed by atoms with E-state index in [1.165, 1.54) is 18.2 Å². The molecule has 1 saturated carbocycles. The van der Waals surface area contributed by atoms with Crippen LogP contribution in [0.5, 0.6) is 0 Å². The predicted molar refractivity (Wildman–Crippen MR) is 83.8 cm³/mol. The summed E-state index contributed by atoms with van der Waals surface area (Å²) in [6.07, 6.45) is 2.68.